The summed E-state index contributed by atoms with van der Waals surface area (Å²) in [6.07, 6.45) is 10.9. The topological polar surface area (TPSA) is 210 Å². The van der Waals surface area contributed by atoms with Crippen molar-refractivity contribution < 1.29 is 42.3 Å². The normalized spacial score (nSPS) is 22.1. The number of aliphatic hydroxyl groups is 1. The van der Waals surface area contributed by atoms with Crippen molar-refractivity contribution in [1.82, 2.24) is 19.9 Å². The van der Waals surface area contributed by atoms with Gasteiger partial charge < -0.3 is 30.0 Å². The van der Waals surface area contributed by atoms with Crippen LogP contribution in [0.1, 0.15) is 51.4 Å². The summed E-state index contributed by atoms with van der Waals surface area (Å²) in [6, 6.07) is 13.0. The third kappa shape index (κ3) is 10.3. The number of aliphatic hydroxyl groups excluding tert-OH is 1. The molecule has 2 aromatic heterocycles. The molecule has 6 heterocycles. The molecule has 63 heavy (non-hydrogen) atoms. The lowest BCUT2D eigenvalue weighted by atomic mass is 10.1. The molecule has 4 aliphatic heterocycles. The maximum atomic E-state index is 13.6. The molecule has 6 aromatic rings. The van der Waals surface area contributed by atoms with Gasteiger partial charge in [0.1, 0.15) is 42.0 Å². The van der Waals surface area contributed by atoms with E-state index in [0.717, 1.165) is 43.9 Å². The van der Waals surface area contributed by atoms with Crippen LogP contribution >= 0.6 is 23.2 Å². The molecule has 0 radical (unpaired) electrons. The van der Waals surface area contributed by atoms with Crippen LogP contribution in [0.15, 0.2) is 73.3 Å². The molecule has 21 heteroatoms. The summed E-state index contributed by atoms with van der Waals surface area (Å²) in [7, 11) is 0. The van der Waals surface area contributed by atoms with E-state index < -0.39 is 33.0 Å². The summed E-state index contributed by atoms with van der Waals surface area (Å²) in [5.41, 5.74) is 0.740. The number of nitrogens with zero attached hydrogens (tertiary/aromatic N) is 6. The highest BCUT2D eigenvalue weighted by Crippen LogP contribution is 2.40. The van der Waals surface area contributed by atoms with Crippen LogP contribution in [-0.2, 0) is 9.47 Å². The van der Waals surface area contributed by atoms with Crippen LogP contribution in [0.5, 0.6) is 5.75 Å². The van der Waals surface area contributed by atoms with Crippen molar-refractivity contribution in [1.29, 1.82) is 0 Å². The first-order valence-electron chi connectivity index (χ1n) is 19.9. The molecule has 16 nitrogen and oxygen atoms in total. The number of nitrogens with one attached hydrogen (secondary N) is 2. The van der Waals surface area contributed by atoms with Crippen molar-refractivity contribution in [3.05, 3.63) is 121 Å². The highest BCUT2D eigenvalue weighted by atomic mass is 35.5. The number of halogens is 5. The van der Waals surface area contributed by atoms with Gasteiger partial charge in [-0.1, -0.05) is 23.2 Å². The van der Waals surface area contributed by atoms with Gasteiger partial charge in [-0.3, -0.25) is 20.2 Å². The first-order chi connectivity index (χ1) is 30.3. The number of anilines is 4. The van der Waals surface area contributed by atoms with E-state index in [4.69, 9.17) is 37.4 Å². The molecule has 0 amide bonds. The second-order valence-electron chi connectivity index (χ2n) is 15.4. The molecule has 4 fully saturated rings. The molecule has 4 saturated heterocycles. The summed E-state index contributed by atoms with van der Waals surface area (Å²) in [6.45, 7) is 0. The van der Waals surface area contributed by atoms with Gasteiger partial charge >= 0.3 is 11.4 Å². The molecule has 4 unspecified atom stereocenters. The SMILES string of the molecule is O=[N+]([O-])c1cc2c(Nc3ccc(F)c(Cl)c3)ncnc2cc1F.O=[N+]([O-])c1cc2c(Nc3ccc(F)c(Cl)c3)ncnc2cc1OC1CC2CCC(C1)O2.OC1CC2CCC(C1)O2. The fraction of sp³-hybridized carbons (Fsp3) is 0.333. The lowest BCUT2D eigenvalue weighted by molar-refractivity contribution is -0.387. The fourth-order valence-electron chi connectivity index (χ4n) is 8.05. The van der Waals surface area contributed by atoms with E-state index in [1.54, 1.807) is 6.07 Å². The Morgan fingerprint density at radius 2 is 1.10 bits per heavy atom. The predicted molar refractivity (Wildman–Crippen MR) is 226 cm³/mol. The van der Waals surface area contributed by atoms with Gasteiger partial charge in [-0.25, -0.2) is 28.7 Å². The first kappa shape index (κ1) is 43.7. The van der Waals surface area contributed by atoms with E-state index in [0.29, 0.717) is 53.1 Å². The fourth-order valence-corrected chi connectivity index (χ4v) is 8.41. The summed E-state index contributed by atoms with van der Waals surface area (Å²) in [4.78, 5) is 37.6. The van der Waals surface area contributed by atoms with Crippen LogP contribution in [0.4, 0.5) is 47.6 Å². The largest absolute Gasteiger partial charge is 0.483 e. The first-order valence-corrected chi connectivity index (χ1v) is 20.6. The number of fused-ring (bicyclic) bond motifs is 6. The second-order valence-corrected chi connectivity index (χ2v) is 16.2. The molecule has 10 rings (SSSR count). The third-order valence-electron chi connectivity index (χ3n) is 11.0. The van der Waals surface area contributed by atoms with Gasteiger partial charge in [0.2, 0.25) is 5.82 Å². The van der Waals surface area contributed by atoms with E-state index in [9.17, 15) is 38.5 Å². The molecule has 0 spiro atoms. The van der Waals surface area contributed by atoms with Crippen molar-refractivity contribution in [2.24, 2.45) is 0 Å². The van der Waals surface area contributed by atoms with Crippen molar-refractivity contribution >= 4 is 79.4 Å². The zero-order valence-electron chi connectivity index (χ0n) is 32.9. The zero-order chi connectivity index (χ0) is 44.4. The summed E-state index contributed by atoms with van der Waals surface area (Å²) in [5, 5.41) is 38.3. The lowest BCUT2D eigenvalue weighted by Crippen LogP contribution is -2.32. The van der Waals surface area contributed by atoms with E-state index in [1.807, 2.05) is 0 Å². The molecular weight excluding hydrogens is 872 g/mol. The van der Waals surface area contributed by atoms with Crippen molar-refractivity contribution in [2.75, 3.05) is 10.6 Å². The van der Waals surface area contributed by atoms with Crippen molar-refractivity contribution in [2.45, 2.75) is 88.0 Å². The Morgan fingerprint density at radius 3 is 1.57 bits per heavy atom. The van der Waals surface area contributed by atoms with Crippen LogP contribution in [0.25, 0.3) is 21.8 Å². The molecule has 4 aliphatic rings. The summed E-state index contributed by atoms with van der Waals surface area (Å²) >= 11 is 11.5. The Kier molecular flexibility index (Phi) is 13.0. The Labute approximate surface area is 366 Å². The van der Waals surface area contributed by atoms with Gasteiger partial charge in [-0.15, -0.1) is 0 Å². The standard InChI is InChI=1S/C21H18ClFN4O4.C14H7ClF2N4O2.C7H12O2/c22-16-5-11(1-4-17(16)23)26-21-15-8-19(27(28)29)20(9-18(15)24-10-25-21)31-14-6-12-2-3-13(7-14)30-12;15-9-3-7(1-2-10(9)16)20-14-8-4-13(21(22)23)11(17)5-12(8)18-6-19-14;8-5-3-6-1-2-7(4-5)9-6/h1,4-5,8-10,12-14H,2-3,6-7H2,(H,24,25,26);1-6H,(H,18,19,20);5-8H,1-4H2. The molecular formula is C42H37Cl2F3N8O8. The number of nitro benzene ring substituents is 2. The number of hydrogen-bond donors (Lipinski definition) is 3. The molecule has 0 aliphatic carbocycles. The minimum Gasteiger partial charge on any atom is -0.483 e. The molecule has 0 saturated carbocycles. The Bertz CT molecular complexity index is 2680. The van der Waals surface area contributed by atoms with Crippen LogP contribution in [-0.4, -0.2) is 71.5 Å². The minimum atomic E-state index is -0.989. The number of ether oxygens (including phenoxy) is 3. The number of hydrogen-bond acceptors (Lipinski definition) is 14. The van der Waals surface area contributed by atoms with Crippen molar-refractivity contribution in [3.8, 4) is 5.75 Å². The minimum absolute atomic E-state index is 0.0459. The van der Waals surface area contributed by atoms with Gasteiger partial charge in [0.25, 0.3) is 0 Å². The monoisotopic (exact) mass is 908 g/mol. The van der Waals surface area contributed by atoms with Crippen LogP contribution in [0.2, 0.25) is 10.0 Å². The lowest BCUT2D eigenvalue weighted by Gasteiger charge is -2.28. The Balaban J connectivity index is 0.000000148. The predicted octanol–water partition coefficient (Wildman–Crippen LogP) is 10.1. The van der Waals surface area contributed by atoms with Gasteiger partial charge in [-0.2, -0.15) is 4.39 Å². The molecule has 4 atom stereocenters. The second kappa shape index (κ2) is 18.8. The number of aromatic nitrogens is 4. The van der Waals surface area contributed by atoms with Crippen LogP contribution in [0, 0.1) is 37.7 Å². The quantitative estimate of drug-likeness (QED) is 0.0959. The molecule has 4 aromatic carbocycles. The van der Waals surface area contributed by atoms with Crippen LogP contribution in [0.3, 0.4) is 0 Å². The Hall–Kier alpha value is -5.99. The zero-order valence-corrected chi connectivity index (χ0v) is 34.4. The highest BCUT2D eigenvalue weighted by molar-refractivity contribution is 6.31. The van der Waals surface area contributed by atoms with E-state index in [2.05, 4.69) is 30.6 Å². The van der Waals surface area contributed by atoms with E-state index in [-0.39, 0.29) is 62.6 Å². The Morgan fingerprint density at radius 1 is 0.635 bits per heavy atom. The number of rotatable bonds is 8. The average Bonchev–Trinajstić information content (AvgIpc) is 3.78. The maximum absolute atomic E-state index is 13.6. The van der Waals surface area contributed by atoms with E-state index in [1.165, 1.54) is 61.9 Å². The van der Waals surface area contributed by atoms with Crippen molar-refractivity contribution in [3.63, 3.8) is 0 Å². The van der Waals surface area contributed by atoms with E-state index >= 15 is 0 Å². The van der Waals surface area contributed by atoms with Gasteiger partial charge in [-0.05, 0) is 74.9 Å². The highest BCUT2D eigenvalue weighted by Gasteiger charge is 2.37. The smallest absolute Gasteiger partial charge is 0.311 e. The third-order valence-corrected chi connectivity index (χ3v) is 11.6. The average molecular weight is 910 g/mol. The van der Waals surface area contributed by atoms with Gasteiger partial charge in [0, 0.05) is 48.5 Å². The molecule has 328 valence electrons. The van der Waals surface area contributed by atoms with Gasteiger partial charge in [0.15, 0.2) is 5.75 Å². The molecule has 3 N–H and O–H groups in total. The summed E-state index contributed by atoms with van der Waals surface area (Å²) in [5.74, 6) is -1.39. The number of benzene rings is 4. The molecule has 4 bridgehead atoms. The number of nitro groups is 2. The van der Waals surface area contributed by atoms with Crippen LogP contribution < -0.4 is 15.4 Å². The summed E-state index contributed by atoms with van der Waals surface area (Å²) < 4.78 is 57.7. The van der Waals surface area contributed by atoms with Gasteiger partial charge in [0.05, 0.1) is 72.2 Å². The maximum Gasteiger partial charge on any atom is 0.311 e.